The van der Waals surface area contributed by atoms with Gasteiger partial charge in [-0.3, -0.25) is 0 Å². The largest absolute Gasteiger partial charge is 0.480 e. The Labute approximate surface area is 109 Å². The summed E-state index contributed by atoms with van der Waals surface area (Å²) < 4.78 is 0. The fraction of sp³-hybridized carbons (Fsp3) is 0.545. The van der Waals surface area contributed by atoms with Crippen LogP contribution in [0.15, 0.2) is 6.20 Å². The molecule has 3 N–H and O–H groups in total. The number of nitrogens with zero attached hydrogens (tertiary/aromatic N) is 1. The number of rotatable bonds is 6. The van der Waals surface area contributed by atoms with E-state index in [9.17, 15) is 9.59 Å². The van der Waals surface area contributed by atoms with E-state index < -0.39 is 18.0 Å². The number of aryl methyl sites for hydroxylation is 1. The highest BCUT2D eigenvalue weighted by atomic mass is 32.1. The molecular formula is C11H17N3O3S. The van der Waals surface area contributed by atoms with Crippen molar-refractivity contribution in [2.45, 2.75) is 39.3 Å². The molecule has 1 heterocycles. The summed E-state index contributed by atoms with van der Waals surface area (Å²) in [7, 11) is 0. The Kier molecular flexibility index (Phi) is 5.57. The van der Waals surface area contributed by atoms with E-state index in [-0.39, 0.29) is 0 Å². The molecule has 2 amide bonds. The van der Waals surface area contributed by atoms with E-state index in [1.807, 2.05) is 13.8 Å². The van der Waals surface area contributed by atoms with E-state index in [4.69, 9.17) is 5.11 Å². The van der Waals surface area contributed by atoms with E-state index in [0.29, 0.717) is 19.4 Å². The number of carbonyl (C=O) groups is 2. The first-order chi connectivity index (χ1) is 8.52. The maximum Gasteiger partial charge on any atom is 0.326 e. The van der Waals surface area contributed by atoms with Crippen molar-refractivity contribution in [1.82, 2.24) is 15.6 Å². The Morgan fingerprint density at radius 1 is 1.56 bits per heavy atom. The van der Waals surface area contributed by atoms with Gasteiger partial charge < -0.3 is 15.7 Å². The molecule has 18 heavy (non-hydrogen) atoms. The first-order valence-electron chi connectivity index (χ1n) is 5.71. The fourth-order valence-corrected chi connectivity index (χ4v) is 2.12. The number of aromatic nitrogens is 1. The predicted octanol–water partition coefficient (Wildman–Crippen LogP) is 1.50. The molecule has 0 fully saturated rings. The molecule has 0 saturated heterocycles. The molecule has 6 nitrogen and oxygen atoms in total. The quantitative estimate of drug-likeness (QED) is 0.731. The minimum atomic E-state index is -1.02. The zero-order valence-corrected chi connectivity index (χ0v) is 11.2. The van der Waals surface area contributed by atoms with Gasteiger partial charge in [0.05, 0.1) is 6.54 Å². The summed E-state index contributed by atoms with van der Waals surface area (Å²) in [6.07, 6.45) is 2.85. The van der Waals surface area contributed by atoms with Crippen LogP contribution in [0.2, 0.25) is 0 Å². The zero-order chi connectivity index (χ0) is 13.5. The lowest BCUT2D eigenvalue weighted by Crippen LogP contribution is -2.45. The van der Waals surface area contributed by atoms with Crippen molar-refractivity contribution in [3.8, 4) is 0 Å². The Balaban J connectivity index is 2.38. The number of carboxylic acids is 1. The number of urea groups is 1. The Morgan fingerprint density at radius 3 is 2.78 bits per heavy atom. The molecule has 1 aromatic heterocycles. The molecule has 0 aliphatic heterocycles. The molecule has 0 unspecified atom stereocenters. The summed E-state index contributed by atoms with van der Waals surface area (Å²) in [5.74, 6) is -1.02. The molecule has 0 spiro atoms. The highest BCUT2D eigenvalue weighted by Crippen LogP contribution is 2.10. The van der Waals surface area contributed by atoms with Gasteiger partial charge in [-0.15, -0.1) is 11.3 Å². The van der Waals surface area contributed by atoms with Gasteiger partial charge >= 0.3 is 12.0 Å². The molecule has 1 aromatic rings. The smallest absolute Gasteiger partial charge is 0.326 e. The predicted molar refractivity (Wildman–Crippen MR) is 68.6 cm³/mol. The van der Waals surface area contributed by atoms with Gasteiger partial charge in [0.2, 0.25) is 0 Å². The van der Waals surface area contributed by atoms with E-state index in [0.717, 1.165) is 9.88 Å². The van der Waals surface area contributed by atoms with Crippen molar-refractivity contribution in [2.75, 3.05) is 0 Å². The van der Waals surface area contributed by atoms with Crippen LogP contribution >= 0.6 is 11.3 Å². The summed E-state index contributed by atoms with van der Waals surface area (Å²) in [5.41, 5.74) is 0. The number of aliphatic carboxylic acids is 1. The normalized spacial score (nSPS) is 11.9. The highest BCUT2D eigenvalue weighted by molar-refractivity contribution is 7.11. The van der Waals surface area contributed by atoms with Gasteiger partial charge in [0.25, 0.3) is 0 Å². The second kappa shape index (κ2) is 6.95. The Bertz CT molecular complexity index is 419. The first kappa shape index (κ1) is 14.4. The van der Waals surface area contributed by atoms with Crippen LogP contribution in [0.3, 0.4) is 0 Å². The summed E-state index contributed by atoms with van der Waals surface area (Å²) in [5, 5.41) is 14.7. The molecule has 1 rings (SSSR count). The summed E-state index contributed by atoms with van der Waals surface area (Å²) in [4.78, 5) is 27.5. The van der Waals surface area contributed by atoms with Crippen molar-refractivity contribution in [3.05, 3.63) is 16.1 Å². The number of nitrogens with one attached hydrogen (secondary N) is 2. The van der Waals surface area contributed by atoms with Gasteiger partial charge in [-0.1, -0.05) is 13.3 Å². The van der Waals surface area contributed by atoms with E-state index >= 15 is 0 Å². The molecule has 0 aromatic carbocycles. The van der Waals surface area contributed by atoms with Gasteiger partial charge in [0.1, 0.15) is 11.0 Å². The lowest BCUT2D eigenvalue weighted by atomic mass is 10.2. The molecule has 0 bridgehead atoms. The van der Waals surface area contributed by atoms with E-state index in [1.54, 1.807) is 6.20 Å². The molecule has 0 saturated carbocycles. The van der Waals surface area contributed by atoms with Crippen molar-refractivity contribution < 1.29 is 14.7 Å². The standard InChI is InChI=1S/C11H17N3O3S/c1-3-4-8(10(15)16)14-11(17)13-6-9-12-5-7(2)18-9/h5,8H,3-4,6H2,1-2H3,(H,15,16)(H2,13,14,17)/t8-/m1/s1. The second-order valence-electron chi connectivity index (χ2n) is 3.87. The van der Waals surface area contributed by atoms with Crippen LogP contribution in [-0.4, -0.2) is 28.1 Å². The summed E-state index contributed by atoms with van der Waals surface area (Å²) in [6, 6.07) is -1.32. The summed E-state index contributed by atoms with van der Waals surface area (Å²) >= 11 is 1.50. The second-order valence-corrected chi connectivity index (χ2v) is 5.19. The minimum absolute atomic E-state index is 0.308. The van der Waals surface area contributed by atoms with Gasteiger partial charge in [0, 0.05) is 11.1 Å². The third-order valence-electron chi connectivity index (χ3n) is 2.25. The van der Waals surface area contributed by atoms with Gasteiger partial charge in [0.15, 0.2) is 0 Å². The summed E-state index contributed by atoms with van der Waals surface area (Å²) in [6.45, 7) is 4.11. The van der Waals surface area contributed by atoms with Gasteiger partial charge in [-0.25, -0.2) is 14.6 Å². The van der Waals surface area contributed by atoms with Crippen molar-refractivity contribution >= 4 is 23.3 Å². The molecule has 0 aliphatic rings. The van der Waals surface area contributed by atoms with Crippen LogP contribution in [0.5, 0.6) is 0 Å². The number of amides is 2. The number of carboxylic acid groups (broad SMARTS) is 1. The maximum absolute atomic E-state index is 11.5. The lowest BCUT2D eigenvalue weighted by molar-refractivity contribution is -0.139. The minimum Gasteiger partial charge on any atom is -0.480 e. The van der Waals surface area contributed by atoms with Crippen molar-refractivity contribution in [3.63, 3.8) is 0 Å². The molecule has 100 valence electrons. The van der Waals surface area contributed by atoms with Crippen LogP contribution in [0, 0.1) is 6.92 Å². The number of thiazole rings is 1. The van der Waals surface area contributed by atoms with Crippen molar-refractivity contribution in [2.24, 2.45) is 0 Å². The molecule has 0 radical (unpaired) electrons. The van der Waals surface area contributed by atoms with Crippen LogP contribution in [0.25, 0.3) is 0 Å². The molecular weight excluding hydrogens is 254 g/mol. The third-order valence-corrected chi connectivity index (χ3v) is 3.16. The molecule has 0 aliphatic carbocycles. The lowest BCUT2D eigenvalue weighted by Gasteiger charge is -2.13. The van der Waals surface area contributed by atoms with Crippen LogP contribution in [-0.2, 0) is 11.3 Å². The van der Waals surface area contributed by atoms with Crippen LogP contribution < -0.4 is 10.6 Å². The van der Waals surface area contributed by atoms with Crippen LogP contribution in [0.4, 0.5) is 4.79 Å². The number of carbonyl (C=O) groups excluding carboxylic acids is 1. The Morgan fingerprint density at radius 2 is 2.28 bits per heavy atom. The van der Waals surface area contributed by atoms with Crippen LogP contribution in [0.1, 0.15) is 29.7 Å². The van der Waals surface area contributed by atoms with E-state index in [1.165, 1.54) is 11.3 Å². The van der Waals surface area contributed by atoms with Gasteiger partial charge in [-0.05, 0) is 13.3 Å². The van der Waals surface area contributed by atoms with Gasteiger partial charge in [-0.2, -0.15) is 0 Å². The number of hydrogen-bond acceptors (Lipinski definition) is 4. The first-order valence-corrected chi connectivity index (χ1v) is 6.53. The maximum atomic E-state index is 11.5. The highest BCUT2D eigenvalue weighted by Gasteiger charge is 2.18. The number of hydrogen-bond donors (Lipinski definition) is 3. The molecule has 7 heteroatoms. The fourth-order valence-electron chi connectivity index (χ4n) is 1.39. The average Bonchev–Trinajstić information content (AvgIpc) is 2.72. The third kappa shape index (κ3) is 4.70. The zero-order valence-electron chi connectivity index (χ0n) is 10.4. The monoisotopic (exact) mass is 271 g/mol. The average molecular weight is 271 g/mol. The SMILES string of the molecule is CCC[C@@H](NC(=O)NCc1ncc(C)s1)C(=O)O. The topological polar surface area (TPSA) is 91.3 Å². The molecule has 1 atom stereocenters. The Hall–Kier alpha value is -1.63. The van der Waals surface area contributed by atoms with Crippen molar-refractivity contribution in [1.29, 1.82) is 0 Å². The van der Waals surface area contributed by atoms with E-state index in [2.05, 4.69) is 15.6 Å².